The first-order valence-electron chi connectivity index (χ1n) is 8.84. The molecule has 1 amide bonds. The molecule has 2 aromatic carbocycles. The lowest BCUT2D eigenvalue weighted by molar-refractivity contribution is -0.118. The van der Waals surface area contributed by atoms with Gasteiger partial charge in [0, 0.05) is 12.3 Å². The number of para-hydroxylation sites is 1. The fourth-order valence-corrected chi connectivity index (χ4v) is 3.61. The summed E-state index contributed by atoms with van der Waals surface area (Å²) < 4.78 is 22.6. The van der Waals surface area contributed by atoms with Crippen molar-refractivity contribution in [3.8, 4) is 0 Å². The van der Waals surface area contributed by atoms with Crippen molar-refractivity contribution in [1.82, 2.24) is 0 Å². The van der Waals surface area contributed by atoms with Crippen LogP contribution >= 0.6 is 0 Å². The second-order valence-electron chi connectivity index (χ2n) is 6.62. The van der Waals surface area contributed by atoms with E-state index in [9.17, 15) is 13.2 Å². The van der Waals surface area contributed by atoms with Gasteiger partial charge in [-0.2, -0.15) is 10.1 Å². The van der Waals surface area contributed by atoms with Gasteiger partial charge in [-0.25, -0.2) is 13.6 Å². The largest absolute Gasteiger partial charge is 0.293 e. The van der Waals surface area contributed by atoms with Crippen molar-refractivity contribution < 1.29 is 13.2 Å². The van der Waals surface area contributed by atoms with Crippen molar-refractivity contribution in [1.29, 1.82) is 0 Å². The molecular formula is C20H22N4O3S. The van der Waals surface area contributed by atoms with E-state index in [-0.39, 0.29) is 10.8 Å². The van der Waals surface area contributed by atoms with Crippen molar-refractivity contribution in [2.24, 2.45) is 21.2 Å². The van der Waals surface area contributed by atoms with Gasteiger partial charge in [0.15, 0.2) is 0 Å². The van der Waals surface area contributed by atoms with Crippen molar-refractivity contribution in [3.63, 3.8) is 0 Å². The third kappa shape index (κ3) is 4.35. The summed E-state index contributed by atoms with van der Waals surface area (Å²) in [5.74, 6) is -0.563. The highest BCUT2D eigenvalue weighted by atomic mass is 32.2. The van der Waals surface area contributed by atoms with Gasteiger partial charge in [-0.15, -0.1) is 0 Å². The summed E-state index contributed by atoms with van der Waals surface area (Å²) in [5, 5.41) is 10.9. The molecule has 0 aliphatic carbocycles. The van der Waals surface area contributed by atoms with Crippen LogP contribution in [-0.4, -0.2) is 32.3 Å². The van der Waals surface area contributed by atoms with Crippen LogP contribution in [0.15, 0.2) is 69.6 Å². The molecule has 0 radical (unpaired) electrons. The number of hydrogen-bond acceptors (Lipinski definition) is 5. The Kier molecular flexibility index (Phi) is 5.71. The van der Waals surface area contributed by atoms with E-state index in [2.05, 4.69) is 10.1 Å². The molecule has 146 valence electrons. The second kappa shape index (κ2) is 8.04. The van der Waals surface area contributed by atoms with Gasteiger partial charge in [0.25, 0.3) is 5.91 Å². The number of nitrogens with two attached hydrogens (primary N) is 1. The Balaban J connectivity index is 1.65. The topological polar surface area (TPSA) is 105 Å². The Morgan fingerprint density at radius 2 is 1.79 bits per heavy atom. The number of rotatable bonds is 6. The molecule has 3 rings (SSSR count). The molecule has 0 aromatic heterocycles. The molecule has 28 heavy (non-hydrogen) atoms. The average molecular weight is 398 g/mol. The molecule has 1 aliphatic heterocycles. The Morgan fingerprint density at radius 3 is 2.39 bits per heavy atom. The normalized spacial score (nSPS) is 17.8. The van der Waals surface area contributed by atoms with Gasteiger partial charge >= 0.3 is 0 Å². The quantitative estimate of drug-likeness (QED) is 0.755. The lowest BCUT2D eigenvalue weighted by Gasteiger charge is -2.14. The third-order valence-electron chi connectivity index (χ3n) is 4.56. The van der Waals surface area contributed by atoms with Crippen LogP contribution in [0.25, 0.3) is 0 Å². The Bertz CT molecular complexity index is 1030. The van der Waals surface area contributed by atoms with E-state index >= 15 is 0 Å². The van der Waals surface area contributed by atoms with Crippen LogP contribution in [0, 0.1) is 5.92 Å². The number of nitrogens with zero attached hydrogens (tertiary/aromatic N) is 3. The monoisotopic (exact) mass is 398 g/mol. The molecule has 0 unspecified atom stereocenters. The van der Waals surface area contributed by atoms with Gasteiger partial charge in [-0.3, -0.25) is 9.79 Å². The molecule has 0 saturated carbocycles. The van der Waals surface area contributed by atoms with Gasteiger partial charge < -0.3 is 0 Å². The first-order valence-corrected chi connectivity index (χ1v) is 10.4. The van der Waals surface area contributed by atoms with Gasteiger partial charge in [-0.05, 0) is 50.1 Å². The summed E-state index contributed by atoms with van der Waals surface area (Å²) in [6.07, 6.45) is 0.627. The number of anilines is 1. The zero-order valence-corrected chi connectivity index (χ0v) is 16.6. The maximum atomic E-state index is 12.8. The molecule has 1 atom stereocenters. The fraction of sp³-hybridized carbons (Fsp3) is 0.250. The SMILES string of the molecule is CC(=NCCc1ccc(S(N)(=O)=O)cc1)[C@H]1C(=O)N(c2ccccc2)N=C1C. The highest BCUT2D eigenvalue weighted by Crippen LogP contribution is 2.24. The minimum atomic E-state index is -3.69. The molecule has 1 heterocycles. The van der Waals surface area contributed by atoms with E-state index < -0.39 is 15.9 Å². The van der Waals surface area contributed by atoms with Crippen molar-refractivity contribution >= 4 is 33.0 Å². The zero-order valence-electron chi connectivity index (χ0n) is 15.7. The van der Waals surface area contributed by atoms with E-state index in [1.165, 1.54) is 17.1 Å². The molecule has 8 heteroatoms. The van der Waals surface area contributed by atoms with Crippen LogP contribution in [0.5, 0.6) is 0 Å². The lowest BCUT2D eigenvalue weighted by Crippen LogP contribution is -2.31. The first kappa shape index (κ1) is 19.9. The number of amides is 1. The van der Waals surface area contributed by atoms with Crippen LogP contribution < -0.4 is 10.1 Å². The smallest absolute Gasteiger partial charge is 0.261 e. The van der Waals surface area contributed by atoms with Crippen molar-refractivity contribution in [2.45, 2.75) is 25.2 Å². The minimum absolute atomic E-state index is 0.0836. The third-order valence-corrected chi connectivity index (χ3v) is 5.49. The maximum Gasteiger partial charge on any atom is 0.261 e. The van der Waals surface area contributed by atoms with Crippen LogP contribution in [0.3, 0.4) is 0 Å². The molecule has 0 bridgehead atoms. The summed E-state index contributed by atoms with van der Waals surface area (Å²) >= 11 is 0. The highest BCUT2D eigenvalue weighted by Gasteiger charge is 2.36. The average Bonchev–Trinajstić information content (AvgIpc) is 2.96. The van der Waals surface area contributed by atoms with E-state index in [0.29, 0.717) is 24.4 Å². The number of hydrazone groups is 1. The van der Waals surface area contributed by atoms with Crippen LogP contribution in [-0.2, 0) is 21.2 Å². The first-order chi connectivity index (χ1) is 13.3. The fourth-order valence-electron chi connectivity index (χ4n) is 3.10. The number of primary sulfonamides is 1. The number of carbonyl (C=O) groups is 1. The van der Waals surface area contributed by atoms with Gasteiger partial charge in [0.1, 0.15) is 5.92 Å². The predicted octanol–water partition coefficient (Wildman–Crippen LogP) is 2.38. The zero-order chi connectivity index (χ0) is 20.3. The minimum Gasteiger partial charge on any atom is -0.293 e. The molecule has 7 nitrogen and oxygen atoms in total. The molecule has 2 aromatic rings. The molecule has 1 aliphatic rings. The lowest BCUT2D eigenvalue weighted by atomic mass is 9.99. The Hall–Kier alpha value is -2.84. The molecule has 0 fully saturated rings. The molecular weight excluding hydrogens is 376 g/mol. The number of benzene rings is 2. The van der Waals surface area contributed by atoms with Crippen LogP contribution in [0.1, 0.15) is 19.4 Å². The predicted molar refractivity (Wildman–Crippen MR) is 110 cm³/mol. The summed E-state index contributed by atoms with van der Waals surface area (Å²) in [5.41, 5.74) is 3.11. The van der Waals surface area contributed by atoms with E-state index in [4.69, 9.17) is 5.14 Å². The summed E-state index contributed by atoms with van der Waals surface area (Å²) in [7, 11) is -3.69. The highest BCUT2D eigenvalue weighted by molar-refractivity contribution is 7.89. The van der Waals surface area contributed by atoms with Crippen LogP contribution in [0.4, 0.5) is 5.69 Å². The second-order valence-corrected chi connectivity index (χ2v) is 8.18. The van der Waals surface area contributed by atoms with Gasteiger partial charge in [0.05, 0.1) is 16.3 Å². The Labute approximate surface area is 164 Å². The number of hydrogen-bond donors (Lipinski definition) is 1. The van der Waals surface area contributed by atoms with E-state index in [1.54, 1.807) is 12.1 Å². The summed E-state index contributed by atoms with van der Waals surface area (Å²) in [6, 6.07) is 15.7. The Morgan fingerprint density at radius 1 is 1.14 bits per heavy atom. The molecule has 0 saturated heterocycles. The van der Waals surface area contributed by atoms with E-state index in [1.807, 2.05) is 44.2 Å². The standard InChI is InChI=1S/C20H22N4O3S/c1-14(22-13-12-16-8-10-18(11-9-16)28(21,26)27)19-15(2)23-24(20(19)25)17-6-4-3-5-7-17/h3-11,19H,12-13H2,1-2H3,(H2,21,26,27)/t19-/m1/s1. The van der Waals surface area contributed by atoms with Crippen molar-refractivity contribution in [3.05, 3.63) is 60.2 Å². The van der Waals surface area contributed by atoms with Crippen molar-refractivity contribution in [2.75, 3.05) is 11.6 Å². The maximum absolute atomic E-state index is 12.8. The molecule has 2 N–H and O–H groups in total. The van der Waals surface area contributed by atoms with Gasteiger partial charge in [0.2, 0.25) is 10.0 Å². The molecule has 0 spiro atoms. The number of sulfonamides is 1. The summed E-state index contributed by atoms with van der Waals surface area (Å²) in [4.78, 5) is 17.4. The number of carbonyl (C=O) groups excluding carboxylic acids is 1. The van der Waals surface area contributed by atoms with E-state index in [0.717, 1.165) is 11.3 Å². The van der Waals surface area contributed by atoms with Crippen LogP contribution in [0.2, 0.25) is 0 Å². The number of aliphatic imine (C=N–C) groups is 1. The summed E-state index contributed by atoms with van der Waals surface area (Å²) in [6.45, 7) is 4.15. The van der Waals surface area contributed by atoms with Gasteiger partial charge in [-0.1, -0.05) is 30.3 Å².